The fourth-order valence-corrected chi connectivity index (χ4v) is 3.38. The fraction of sp³-hybridized carbons (Fsp3) is 0.409. The molecule has 1 aliphatic rings. The van der Waals surface area contributed by atoms with Crippen LogP contribution < -0.4 is 15.0 Å². The number of hydrogen-bond acceptors (Lipinski definition) is 3. The Morgan fingerprint density at radius 1 is 1.00 bits per heavy atom. The minimum atomic E-state index is -0.0110. The zero-order valence-corrected chi connectivity index (χ0v) is 16.5. The van der Waals surface area contributed by atoms with E-state index in [0.717, 1.165) is 37.5 Å². The number of anilines is 1. The molecule has 1 aliphatic heterocycles. The van der Waals surface area contributed by atoms with Gasteiger partial charge >= 0.3 is 6.03 Å². The number of benzene rings is 2. The summed E-state index contributed by atoms with van der Waals surface area (Å²) in [6.07, 6.45) is 0. The Bertz CT molecular complexity index is 783. The molecule has 0 aromatic heterocycles. The Kier molecular flexibility index (Phi) is 6.22. The van der Waals surface area contributed by atoms with Gasteiger partial charge in [0.25, 0.3) is 0 Å². The highest BCUT2D eigenvalue weighted by molar-refractivity contribution is 5.74. The van der Waals surface area contributed by atoms with E-state index in [2.05, 4.69) is 54.4 Å². The Balaban J connectivity index is 1.39. The molecule has 0 spiro atoms. The van der Waals surface area contributed by atoms with E-state index in [4.69, 9.17) is 4.74 Å². The number of rotatable bonds is 5. The summed E-state index contributed by atoms with van der Waals surface area (Å²) in [6.45, 7) is 10.4. The number of carbonyl (C=O) groups excluding carboxylic acids is 1. The van der Waals surface area contributed by atoms with Gasteiger partial charge in [0, 0.05) is 31.9 Å². The summed E-state index contributed by atoms with van der Waals surface area (Å²) in [6, 6.07) is 14.6. The first-order valence-corrected chi connectivity index (χ1v) is 9.57. The highest BCUT2D eigenvalue weighted by Crippen LogP contribution is 2.19. The lowest BCUT2D eigenvalue weighted by molar-refractivity contribution is 0.191. The fourth-order valence-electron chi connectivity index (χ4n) is 3.38. The Hall–Kier alpha value is -2.69. The number of piperazine rings is 1. The Morgan fingerprint density at radius 3 is 2.44 bits per heavy atom. The van der Waals surface area contributed by atoms with E-state index in [-0.39, 0.29) is 6.03 Å². The van der Waals surface area contributed by atoms with Crippen LogP contribution in [0.15, 0.2) is 42.5 Å². The van der Waals surface area contributed by atoms with Crippen LogP contribution in [0.2, 0.25) is 0 Å². The molecule has 27 heavy (non-hydrogen) atoms. The van der Waals surface area contributed by atoms with E-state index >= 15 is 0 Å². The van der Waals surface area contributed by atoms with Gasteiger partial charge in [0.15, 0.2) is 0 Å². The van der Waals surface area contributed by atoms with Crippen molar-refractivity contribution in [3.8, 4) is 5.75 Å². The van der Waals surface area contributed by atoms with Gasteiger partial charge in [0.05, 0.1) is 6.54 Å². The summed E-state index contributed by atoms with van der Waals surface area (Å²) >= 11 is 0. The van der Waals surface area contributed by atoms with Crippen LogP contribution in [-0.2, 0) is 0 Å². The van der Waals surface area contributed by atoms with Crippen LogP contribution in [0.5, 0.6) is 5.75 Å². The molecule has 5 heteroatoms. The van der Waals surface area contributed by atoms with Crippen LogP contribution in [0.4, 0.5) is 10.5 Å². The molecule has 0 atom stereocenters. The summed E-state index contributed by atoms with van der Waals surface area (Å²) in [4.78, 5) is 16.6. The van der Waals surface area contributed by atoms with Crippen molar-refractivity contribution >= 4 is 11.7 Å². The second-order valence-electron chi connectivity index (χ2n) is 7.16. The average Bonchev–Trinajstić information content (AvgIpc) is 2.66. The molecule has 2 amide bonds. The highest BCUT2D eigenvalue weighted by Gasteiger charge is 2.21. The molecule has 1 N–H and O–H groups in total. The first kappa shape index (κ1) is 19.1. The number of ether oxygens (including phenoxy) is 1. The number of carbonyl (C=O) groups is 1. The minimum Gasteiger partial charge on any atom is -0.491 e. The molecule has 1 fully saturated rings. The van der Waals surface area contributed by atoms with Gasteiger partial charge in [-0.1, -0.05) is 29.8 Å². The Morgan fingerprint density at radius 2 is 1.74 bits per heavy atom. The van der Waals surface area contributed by atoms with Gasteiger partial charge in [0.1, 0.15) is 12.4 Å². The third-order valence-corrected chi connectivity index (χ3v) is 4.90. The number of aryl methyl sites for hydroxylation is 3. The van der Waals surface area contributed by atoms with Crippen molar-refractivity contribution < 1.29 is 9.53 Å². The number of hydrogen-bond donors (Lipinski definition) is 1. The highest BCUT2D eigenvalue weighted by atomic mass is 16.5. The molecule has 2 aromatic carbocycles. The van der Waals surface area contributed by atoms with E-state index in [0.29, 0.717) is 13.2 Å². The lowest BCUT2D eigenvalue weighted by Crippen LogP contribution is -2.52. The molecule has 0 bridgehead atoms. The number of nitrogens with zero attached hydrogens (tertiary/aromatic N) is 2. The van der Waals surface area contributed by atoms with Gasteiger partial charge in [-0.3, -0.25) is 0 Å². The standard InChI is InChI=1S/C22H29N3O2/c1-17-5-4-6-20(16-17)24-10-12-25(13-11-24)22(26)23-9-14-27-21-8-7-18(2)15-19(21)3/h4-8,15-16H,9-14H2,1-3H3,(H,23,26). The second kappa shape index (κ2) is 8.80. The van der Waals surface area contributed by atoms with E-state index in [1.165, 1.54) is 16.8 Å². The normalized spacial score (nSPS) is 14.2. The van der Waals surface area contributed by atoms with Crippen molar-refractivity contribution in [3.05, 3.63) is 59.2 Å². The third kappa shape index (κ3) is 5.16. The van der Waals surface area contributed by atoms with Gasteiger partial charge in [-0.15, -0.1) is 0 Å². The summed E-state index contributed by atoms with van der Waals surface area (Å²) in [7, 11) is 0. The topological polar surface area (TPSA) is 44.8 Å². The van der Waals surface area contributed by atoms with Crippen molar-refractivity contribution in [2.24, 2.45) is 0 Å². The molecular formula is C22H29N3O2. The summed E-state index contributed by atoms with van der Waals surface area (Å²) in [5, 5.41) is 2.96. The molecule has 0 radical (unpaired) electrons. The van der Waals surface area contributed by atoms with E-state index < -0.39 is 0 Å². The van der Waals surface area contributed by atoms with Gasteiger partial charge in [-0.05, 0) is 50.1 Å². The van der Waals surface area contributed by atoms with E-state index in [1.807, 2.05) is 24.0 Å². The molecule has 3 rings (SSSR count). The van der Waals surface area contributed by atoms with Crippen LogP contribution >= 0.6 is 0 Å². The molecule has 5 nitrogen and oxygen atoms in total. The van der Waals surface area contributed by atoms with Crippen molar-refractivity contribution in [2.75, 3.05) is 44.2 Å². The predicted molar refractivity (Wildman–Crippen MR) is 110 cm³/mol. The minimum absolute atomic E-state index is 0.0110. The SMILES string of the molecule is Cc1cccc(N2CCN(C(=O)NCCOc3ccc(C)cc3C)CC2)c1. The lowest BCUT2D eigenvalue weighted by Gasteiger charge is -2.36. The maximum absolute atomic E-state index is 12.4. The second-order valence-corrected chi connectivity index (χ2v) is 7.16. The third-order valence-electron chi connectivity index (χ3n) is 4.90. The molecular weight excluding hydrogens is 338 g/mol. The molecule has 0 saturated carbocycles. The summed E-state index contributed by atoms with van der Waals surface area (Å²) < 4.78 is 5.77. The molecule has 0 aliphatic carbocycles. The quantitative estimate of drug-likeness (QED) is 0.823. The zero-order chi connectivity index (χ0) is 19.2. The van der Waals surface area contributed by atoms with Crippen molar-refractivity contribution in [2.45, 2.75) is 20.8 Å². The first-order chi connectivity index (χ1) is 13.0. The summed E-state index contributed by atoms with van der Waals surface area (Å²) in [5.74, 6) is 0.876. The lowest BCUT2D eigenvalue weighted by atomic mass is 10.1. The maximum Gasteiger partial charge on any atom is 0.317 e. The van der Waals surface area contributed by atoms with E-state index in [9.17, 15) is 4.79 Å². The predicted octanol–water partition coefficient (Wildman–Crippen LogP) is 3.52. The molecule has 1 saturated heterocycles. The maximum atomic E-state index is 12.4. The van der Waals surface area contributed by atoms with Crippen LogP contribution in [0.3, 0.4) is 0 Å². The van der Waals surface area contributed by atoms with Crippen LogP contribution in [-0.4, -0.2) is 50.3 Å². The van der Waals surface area contributed by atoms with Crippen LogP contribution in [0, 0.1) is 20.8 Å². The molecule has 1 heterocycles. The van der Waals surface area contributed by atoms with Crippen LogP contribution in [0.1, 0.15) is 16.7 Å². The van der Waals surface area contributed by atoms with E-state index in [1.54, 1.807) is 0 Å². The van der Waals surface area contributed by atoms with Crippen molar-refractivity contribution in [1.82, 2.24) is 10.2 Å². The van der Waals surface area contributed by atoms with Crippen LogP contribution in [0.25, 0.3) is 0 Å². The average molecular weight is 367 g/mol. The summed E-state index contributed by atoms with van der Waals surface area (Å²) in [5.41, 5.74) is 4.83. The smallest absolute Gasteiger partial charge is 0.317 e. The van der Waals surface area contributed by atoms with Gasteiger partial charge in [0.2, 0.25) is 0 Å². The molecule has 144 valence electrons. The number of amides is 2. The largest absolute Gasteiger partial charge is 0.491 e. The molecule has 2 aromatic rings. The Labute approximate surface area is 161 Å². The van der Waals surface area contributed by atoms with Gasteiger partial charge in [-0.2, -0.15) is 0 Å². The monoisotopic (exact) mass is 367 g/mol. The number of urea groups is 1. The number of nitrogens with one attached hydrogen (secondary N) is 1. The van der Waals surface area contributed by atoms with Crippen molar-refractivity contribution in [3.63, 3.8) is 0 Å². The van der Waals surface area contributed by atoms with Crippen molar-refractivity contribution in [1.29, 1.82) is 0 Å². The van der Waals surface area contributed by atoms with Gasteiger partial charge < -0.3 is 19.9 Å². The zero-order valence-electron chi connectivity index (χ0n) is 16.5. The first-order valence-electron chi connectivity index (χ1n) is 9.57. The molecule has 0 unspecified atom stereocenters. The van der Waals surface area contributed by atoms with Gasteiger partial charge in [-0.25, -0.2) is 4.79 Å².